The molecule has 0 aromatic rings. The molecular weight excluding hydrogens is 170 g/mol. The predicted octanol–water partition coefficient (Wildman–Crippen LogP) is 0.204. The van der Waals surface area contributed by atoms with Crippen LogP contribution in [0.25, 0.3) is 0 Å². The summed E-state index contributed by atoms with van der Waals surface area (Å²) in [6, 6.07) is -0.540. The first-order chi connectivity index (χ1) is 6.13. The average Bonchev–Trinajstić information content (AvgIpc) is 2.13. The van der Waals surface area contributed by atoms with Crippen molar-refractivity contribution in [2.24, 2.45) is 5.73 Å². The van der Waals surface area contributed by atoms with E-state index in [-0.39, 0.29) is 6.61 Å². The molecule has 0 fully saturated rings. The average molecular weight is 187 g/mol. The largest absolute Gasteiger partial charge is 0.460 e. The maximum absolute atomic E-state index is 11.0. The molecule has 4 nitrogen and oxygen atoms in total. The fourth-order valence-corrected chi connectivity index (χ4v) is 0.892. The van der Waals surface area contributed by atoms with Crippen molar-refractivity contribution in [3.8, 4) is 0 Å². The van der Waals surface area contributed by atoms with Gasteiger partial charge in [-0.05, 0) is 6.42 Å². The fraction of sp³-hybridized carbons (Fsp3) is 0.667. The molecule has 0 radical (unpaired) electrons. The molecule has 0 saturated carbocycles. The van der Waals surface area contributed by atoms with E-state index in [1.807, 2.05) is 6.92 Å². The second-order valence-corrected chi connectivity index (χ2v) is 2.82. The van der Waals surface area contributed by atoms with Gasteiger partial charge in [0, 0.05) is 6.04 Å². The molecule has 2 atom stereocenters. The van der Waals surface area contributed by atoms with E-state index in [0.717, 1.165) is 6.42 Å². The van der Waals surface area contributed by atoms with Crippen LogP contribution in [0.1, 0.15) is 19.8 Å². The van der Waals surface area contributed by atoms with Gasteiger partial charge >= 0.3 is 5.97 Å². The Morgan fingerprint density at radius 2 is 2.38 bits per heavy atom. The number of esters is 1. The van der Waals surface area contributed by atoms with Gasteiger partial charge in [0.05, 0.1) is 0 Å². The van der Waals surface area contributed by atoms with Gasteiger partial charge in [0.15, 0.2) is 6.10 Å². The molecule has 13 heavy (non-hydrogen) atoms. The Kier molecular flexibility index (Phi) is 6.18. The third-order valence-electron chi connectivity index (χ3n) is 1.61. The van der Waals surface area contributed by atoms with E-state index in [1.165, 1.54) is 6.08 Å². The molecular formula is C9H17NO3. The van der Waals surface area contributed by atoms with Crippen molar-refractivity contribution in [3.63, 3.8) is 0 Å². The van der Waals surface area contributed by atoms with Crippen molar-refractivity contribution < 1.29 is 14.6 Å². The molecule has 0 spiro atoms. The van der Waals surface area contributed by atoms with Gasteiger partial charge in [-0.1, -0.05) is 26.0 Å². The molecule has 0 aliphatic rings. The lowest BCUT2D eigenvalue weighted by atomic mass is 10.1. The van der Waals surface area contributed by atoms with Crippen LogP contribution in [0.2, 0.25) is 0 Å². The Labute approximate surface area is 78.4 Å². The second-order valence-electron chi connectivity index (χ2n) is 2.82. The minimum Gasteiger partial charge on any atom is -0.460 e. The third kappa shape index (κ3) is 4.65. The molecule has 3 N–H and O–H groups in total. The van der Waals surface area contributed by atoms with Crippen molar-refractivity contribution in [1.82, 2.24) is 0 Å². The van der Waals surface area contributed by atoms with E-state index in [1.54, 1.807) is 0 Å². The van der Waals surface area contributed by atoms with Crippen molar-refractivity contribution in [2.75, 3.05) is 6.61 Å². The van der Waals surface area contributed by atoms with Crippen LogP contribution in [0.5, 0.6) is 0 Å². The Hall–Kier alpha value is -0.870. The standard InChI is InChI=1S/C9H17NO3/c1-3-5-7(10)8(11)9(12)13-6-4-2/h4,7-8,11H,2-3,5-6,10H2,1H3. The Balaban J connectivity index is 3.85. The maximum atomic E-state index is 11.0. The zero-order valence-corrected chi connectivity index (χ0v) is 7.90. The minimum absolute atomic E-state index is 0.106. The van der Waals surface area contributed by atoms with Crippen molar-refractivity contribution in [2.45, 2.75) is 31.9 Å². The summed E-state index contributed by atoms with van der Waals surface area (Å²) in [4.78, 5) is 11.0. The number of carbonyl (C=O) groups excluding carboxylic acids is 1. The summed E-state index contributed by atoms with van der Waals surface area (Å²) >= 11 is 0. The number of nitrogens with two attached hydrogens (primary N) is 1. The highest BCUT2D eigenvalue weighted by molar-refractivity contribution is 5.75. The molecule has 4 heteroatoms. The molecule has 76 valence electrons. The van der Waals surface area contributed by atoms with Crippen LogP contribution in [-0.2, 0) is 9.53 Å². The molecule has 0 amide bonds. The molecule has 0 heterocycles. The lowest BCUT2D eigenvalue weighted by molar-refractivity contribution is -0.153. The van der Waals surface area contributed by atoms with Gasteiger partial charge in [-0.3, -0.25) is 0 Å². The maximum Gasteiger partial charge on any atom is 0.336 e. The Morgan fingerprint density at radius 3 is 2.85 bits per heavy atom. The molecule has 0 aliphatic carbocycles. The van der Waals surface area contributed by atoms with Gasteiger partial charge in [0.1, 0.15) is 6.61 Å². The lowest BCUT2D eigenvalue weighted by Crippen LogP contribution is -2.41. The molecule has 0 aromatic carbocycles. The number of ether oxygens (including phenoxy) is 1. The number of hydrogen-bond acceptors (Lipinski definition) is 4. The van der Waals surface area contributed by atoms with Crippen LogP contribution in [0.4, 0.5) is 0 Å². The quantitative estimate of drug-likeness (QED) is 0.460. The molecule has 2 unspecified atom stereocenters. The van der Waals surface area contributed by atoms with Gasteiger partial charge in [-0.25, -0.2) is 4.79 Å². The first-order valence-corrected chi connectivity index (χ1v) is 4.34. The summed E-state index contributed by atoms with van der Waals surface area (Å²) in [5, 5.41) is 9.31. The van der Waals surface area contributed by atoms with Crippen LogP contribution in [0, 0.1) is 0 Å². The molecule has 0 saturated heterocycles. The van der Waals surface area contributed by atoms with Gasteiger partial charge in [0.25, 0.3) is 0 Å². The summed E-state index contributed by atoms with van der Waals surface area (Å²) in [5.74, 6) is -0.680. The fourth-order valence-electron chi connectivity index (χ4n) is 0.892. The van der Waals surface area contributed by atoms with Crippen LogP contribution in [-0.4, -0.2) is 29.8 Å². The molecule has 0 rings (SSSR count). The molecule has 0 aromatic heterocycles. The van der Waals surface area contributed by atoms with Gasteiger partial charge in [-0.15, -0.1) is 0 Å². The lowest BCUT2D eigenvalue weighted by Gasteiger charge is -2.16. The molecule has 0 bridgehead atoms. The van der Waals surface area contributed by atoms with Crippen molar-refractivity contribution >= 4 is 5.97 Å². The van der Waals surface area contributed by atoms with Gasteiger partial charge < -0.3 is 15.6 Å². The Bertz CT molecular complexity index is 170. The van der Waals surface area contributed by atoms with Crippen LogP contribution in [0.15, 0.2) is 12.7 Å². The third-order valence-corrected chi connectivity index (χ3v) is 1.61. The second kappa shape index (κ2) is 6.62. The first-order valence-electron chi connectivity index (χ1n) is 4.34. The zero-order valence-electron chi connectivity index (χ0n) is 7.90. The van der Waals surface area contributed by atoms with E-state index in [0.29, 0.717) is 6.42 Å². The normalized spacial score (nSPS) is 14.7. The van der Waals surface area contributed by atoms with E-state index in [4.69, 9.17) is 5.73 Å². The Morgan fingerprint density at radius 1 is 1.77 bits per heavy atom. The topological polar surface area (TPSA) is 72.5 Å². The van der Waals surface area contributed by atoms with E-state index < -0.39 is 18.1 Å². The molecule has 0 aliphatic heterocycles. The summed E-state index contributed by atoms with van der Waals surface area (Å²) < 4.78 is 4.63. The monoisotopic (exact) mass is 187 g/mol. The van der Waals surface area contributed by atoms with Gasteiger partial charge in [0.2, 0.25) is 0 Å². The van der Waals surface area contributed by atoms with Crippen molar-refractivity contribution in [1.29, 1.82) is 0 Å². The number of aliphatic hydroxyl groups excluding tert-OH is 1. The van der Waals surface area contributed by atoms with E-state index in [9.17, 15) is 9.90 Å². The summed E-state index contributed by atoms with van der Waals surface area (Å²) in [5.41, 5.74) is 5.52. The van der Waals surface area contributed by atoms with Crippen LogP contribution >= 0.6 is 0 Å². The zero-order chi connectivity index (χ0) is 10.3. The van der Waals surface area contributed by atoms with Crippen LogP contribution < -0.4 is 5.73 Å². The van der Waals surface area contributed by atoms with E-state index in [2.05, 4.69) is 11.3 Å². The highest BCUT2D eigenvalue weighted by Gasteiger charge is 2.23. The number of aliphatic hydroxyl groups is 1. The summed E-state index contributed by atoms with van der Waals surface area (Å²) in [6.07, 6.45) is 1.65. The van der Waals surface area contributed by atoms with Crippen LogP contribution in [0.3, 0.4) is 0 Å². The van der Waals surface area contributed by atoms with Crippen molar-refractivity contribution in [3.05, 3.63) is 12.7 Å². The predicted molar refractivity (Wildman–Crippen MR) is 50.0 cm³/mol. The number of carbonyl (C=O) groups is 1. The smallest absolute Gasteiger partial charge is 0.336 e. The highest BCUT2D eigenvalue weighted by atomic mass is 16.5. The number of rotatable bonds is 6. The highest BCUT2D eigenvalue weighted by Crippen LogP contribution is 2.01. The minimum atomic E-state index is -1.22. The number of hydrogen-bond donors (Lipinski definition) is 2. The SMILES string of the molecule is C=CCOC(=O)C(O)C(N)CCC. The summed E-state index contributed by atoms with van der Waals surface area (Å²) in [6.45, 7) is 5.42. The summed E-state index contributed by atoms with van der Waals surface area (Å²) in [7, 11) is 0. The van der Waals surface area contributed by atoms with Gasteiger partial charge in [-0.2, -0.15) is 0 Å². The van der Waals surface area contributed by atoms with E-state index >= 15 is 0 Å². The first kappa shape index (κ1) is 12.1.